The molecule has 0 saturated carbocycles. The van der Waals surface area contributed by atoms with Crippen molar-refractivity contribution >= 4 is 11.0 Å². The zero-order valence-electron chi connectivity index (χ0n) is 15.6. The Hall–Kier alpha value is -2.33. The van der Waals surface area contributed by atoms with E-state index in [9.17, 15) is 9.90 Å². The number of imidazole rings is 1. The van der Waals surface area contributed by atoms with Gasteiger partial charge >= 0.3 is 5.69 Å². The Kier molecular flexibility index (Phi) is 4.33. The number of aliphatic hydroxyl groups is 1. The van der Waals surface area contributed by atoms with Gasteiger partial charge in [-0.25, -0.2) is 4.79 Å². The molecule has 0 amide bonds. The van der Waals surface area contributed by atoms with Crippen LogP contribution < -0.4 is 5.69 Å². The van der Waals surface area contributed by atoms with Gasteiger partial charge in [0.05, 0.1) is 17.6 Å². The average molecular weight is 338 g/mol. The molecule has 0 bridgehead atoms. The van der Waals surface area contributed by atoms with Gasteiger partial charge in [-0.1, -0.05) is 39.0 Å². The lowest BCUT2D eigenvalue weighted by molar-refractivity contribution is 0.282. The third-order valence-corrected chi connectivity index (χ3v) is 4.57. The van der Waals surface area contributed by atoms with Crippen molar-refractivity contribution in [2.24, 2.45) is 12.5 Å². The smallest absolute Gasteiger partial charge is 0.328 e. The summed E-state index contributed by atoms with van der Waals surface area (Å²) in [6.07, 6.45) is 0. The summed E-state index contributed by atoms with van der Waals surface area (Å²) in [5, 5.41) is 9.41. The maximum atomic E-state index is 12.7. The van der Waals surface area contributed by atoms with E-state index in [2.05, 4.69) is 39.8 Å². The lowest BCUT2D eigenvalue weighted by atomic mass is 9.96. The second-order valence-corrected chi connectivity index (χ2v) is 8.00. The standard InChI is InChI=1S/C21H26N2O2/c1-14-6-7-15(12-24)10-17(14)16-8-9-18-19(11-16)22(5)20(25)23(18)13-21(2,3)4/h6-11,24H,12-13H2,1-5H3. The lowest BCUT2D eigenvalue weighted by Gasteiger charge is -2.18. The Morgan fingerprint density at radius 1 is 1.04 bits per heavy atom. The van der Waals surface area contributed by atoms with E-state index < -0.39 is 0 Å². The molecule has 4 nitrogen and oxygen atoms in total. The van der Waals surface area contributed by atoms with Gasteiger partial charge in [0.2, 0.25) is 0 Å². The highest BCUT2D eigenvalue weighted by Crippen LogP contribution is 2.28. The Balaban J connectivity index is 2.19. The predicted molar refractivity (Wildman–Crippen MR) is 103 cm³/mol. The summed E-state index contributed by atoms with van der Waals surface area (Å²) in [4.78, 5) is 12.7. The predicted octanol–water partition coefficient (Wildman–Crippen LogP) is 3.85. The van der Waals surface area contributed by atoms with Crippen LogP contribution in [0.1, 0.15) is 31.9 Å². The molecule has 0 fully saturated rings. The monoisotopic (exact) mass is 338 g/mol. The molecule has 0 saturated heterocycles. The molecule has 0 atom stereocenters. The second kappa shape index (κ2) is 6.19. The van der Waals surface area contributed by atoms with Crippen LogP contribution in [0.15, 0.2) is 41.2 Å². The topological polar surface area (TPSA) is 47.2 Å². The fraction of sp³-hybridized carbons (Fsp3) is 0.381. The van der Waals surface area contributed by atoms with Crippen molar-refractivity contribution in [2.75, 3.05) is 0 Å². The molecule has 3 aromatic rings. The van der Waals surface area contributed by atoms with Gasteiger partial charge in [0.15, 0.2) is 0 Å². The summed E-state index contributed by atoms with van der Waals surface area (Å²) in [5.41, 5.74) is 6.12. The first-order valence-corrected chi connectivity index (χ1v) is 8.61. The Bertz CT molecular complexity index is 988. The van der Waals surface area contributed by atoms with Crippen molar-refractivity contribution in [2.45, 2.75) is 40.8 Å². The minimum atomic E-state index is 0.0166. The molecule has 0 aliphatic rings. The van der Waals surface area contributed by atoms with Gasteiger partial charge in [-0.2, -0.15) is 0 Å². The van der Waals surface area contributed by atoms with Gasteiger partial charge in [-0.05, 0) is 52.8 Å². The molecule has 2 aromatic carbocycles. The first-order valence-electron chi connectivity index (χ1n) is 8.61. The first-order chi connectivity index (χ1) is 11.7. The Morgan fingerprint density at radius 2 is 1.76 bits per heavy atom. The fourth-order valence-corrected chi connectivity index (χ4v) is 3.28. The van der Waals surface area contributed by atoms with Crippen LogP contribution in [0.25, 0.3) is 22.2 Å². The number of hydrogen-bond donors (Lipinski definition) is 1. The van der Waals surface area contributed by atoms with Crippen molar-refractivity contribution in [3.63, 3.8) is 0 Å². The normalized spacial score (nSPS) is 12.1. The van der Waals surface area contributed by atoms with Crippen molar-refractivity contribution < 1.29 is 5.11 Å². The SMILES string of the molecule is Cc1ccc(CO)cc1-c1ccc2c(c1)n(C)c(=O)n2CC(C)(C)C. The van der Waals surface area contributed by atoms with Crippen LogP contribution in [0.3, 0.4) is 0 Å². The lowest BCUT2D eigenvalue weighted by Crippen LogP contribution is -2.27. The van der Waals surface area contributed by atoms with E-state index in [1.54, 1.807) is 4.57 Å². The molecular weight excluding hydrogens is 312 g/mol. The van der Waals surface area contributed by atoms with Gasteiger partial charge in [0, 0.05) is 13.6 Å². The Morgan fingerprint density at radius 3 is 2.40 bits per heavy atom. The maximum absolute atomic E-state index is 12.7. The molecular formula is C21H26N2O2. The summed E-state index contributed by atoms with van der Waals surface area (Å²) in [6.45, 7) is 9.17. The number of aliphatic hydroxyl groups excluding tert-OH is 1. The van der Waals surface area contributed by atoms with Crippen LogP contribution in [-0.2, 0) is 20.2 Å². The summed E-state index contributed by atoms with van der Waals surface area (Å²) in [7, 11) is 1.82. The van der Waals surface area contributed by atoms with Gasteiger partial charge in [-0.15, -0.1) is 0 Å². The van der Waals surface area contributed by atoms with E-state index in [4.69, 9.17) is 0 Å². The molecule has 0 aliphatic carbocycles. The van der Waals surface area contributed by atoms with Gasteiger partial charge in [-0.3, -0.25) is 9.13 Å². The first kappa shape index (κ1) is 17.5. The number of aryl methyl sites for hydroxylation is 2. The summed E-state index contributed by atoms with van der Waals surface area (Å²) < 4.78 is 3.58. The average Bonchev–Trinajstić information content (AvgIpc) is 2.78. The number of fused-ring (bicyclic) bond motifs is 1. The molecule has 132 valence electrons. The molecule has 4 heteroatoms. The molecule has 3 rings (SSSR count). The molecule has 0 aliphatic heterocycles. The Labute approximate surface area is 148 Å². The summed E-state index contributed by atoms with van der Waals surface area (Å²) in [6, 6.07) is 12.1. The number of nitrogens with zero attached hydrogens (tertiary/aromatic N) is 2. The minimum absolute atomic E-state index is 0.0166. The molecule has 0 unspecified atom stereocenters. The van der Waals surface area contributed by atoms with Crippen molar-refractivity contribution in [1.29, 1.82) is 0 Å². The highest BCUT2D eigenvalue weighted by molar-refractivity contribution is 5.83. The summed E-state index contributed by atoms with van der Waals surface area (Å²) >= 11 is 0. The highest BCUT2D eigenvalue weighted by Gasteiger charge is 2.18. The summed E-state index contributed by atoms with van der Waals surface area (Å²) in [5.74, 6) is 0. The van der Waals surface area contributed by atoms with Crippen molar-refractivity contribution in [3.8, 4) is 11.1 Å². The minimum Gasteiger partial charge on any atom is -0.392 e. The maximum Gasteiger partial charge on any atom is 0.328 e. The fourth-order valence-electron chi connectivity index (χ4n) is 3.28. The van der Waals surface area contributed by atoms with Crippen LogP contribution in [0.4, 0.5) is 0 Å². The third-order valence-electron chi connectivity index (χ3n) is 4.57. The van der Waals surface area contributed by atoms with Gasteiger partial charge < -0.3 is 5.11 Å². The van der Waals surface area contributed by atoms with E-state index in [-0.39, 0.29) is 17.7 Å². The van der Waals surface area contributed by atoms with E-state index >= 15 is 0 Å². The van der Waals surface area contributed by atoms with Crippen LogP contribution in [0, 0.1) is 12.3 Å². The molecule has 1 N–H and O–H groups in total. The quantitative estimate of drug-likeness (QED) is 0.788. The molecule has 0 radical (unpaired) electrons. The molecule has 0 spiro atoms. The van der Waals surface area contributed by atoms with Crippen LogP contribution in [0.2, 0.25) is 0 Å². The van der Waals surface area contributed by atoms with Crippen LogP contribution in [0.5, 0.6) is 0 Å². The molecule has 1 aromatic heterocycles. The zero-order chi connectivity index (χ0) is 18.4. The van der Waals surface area contributed by atoms with E-state index in [1.165, 1.54) is 0 Å². The van der Waals surface area contributed by atoms with Crippen LogP contribution >= 0.6 is 0 Å². The number of rotatable bonds is 3. The van der Waals surface area contributed by atoms with Crippen molar-refractivity contribution in [1.82, 2.24) is 9.13 Å². The molecule has 25 heavy (non-hydrogen) atoms. The number of hydrogen-bond acceptors (Lipinski definition) is 2. The van der Waals surface area contributed by atoms with Crippen molar-refractivity contribution in [3.05, 3.63) is 58.0 Å². The molecule has 1 heterocycles. The van der Waals surface area contributed by atoms with E-state index in [0.717, 1.165) is 33.3 Å². The number of aromatic nitrogens is 2. The zero-order valence-corrected chi connectivity index (χ0v) is 15.6. The van der Waals surface area contributed by atoms with Crippen LogP contribution in [-0.4, -0.2) is 14.2 Å². The largest absolute Gasteiger partial charge is 0.392 e. The van der Waals surface area contributed by atoms with E-state index in [0.29, 0.717) is 6.54 Å². The van der Waals surface area contributed by atoms with E-state index in [1.807, 2.05) is 35.9 Å². The van der Waals surface area contributed by atoms with Gasteiger partial charge in [0.25, 0.3) is 0 Å². The number of benzene rings is 2. The van der Waals surface area contributed by atoms with Gasteiger partial charge in [0.1, 0.15) is 0 Å². The third kappa shape index (κ3) is 3.27. The highest BCUT2D eigenvalue weighted by atomic mass is 16.3. The second-order valence-electron chi connectivity index (χ2n) is 8.00.